The van der Waals surface area contributed by atoms with Crippen molar-refractivity contribution in [3.8, 4) is 17.2 Å². The summed E-state index contributed by atoms with van der Waals surface area (Å²) in [7, 11) is 0. The van der Waals surface area contributed by atoms with Crippen molar-refractivity contribution in [3.05, 3.63) is 82.0 Å². The van der Waals surface area contributed by atoms with Crippen LogP contribution < -0.4 is 5.73 Å². The fraction of sp³-hybridized carbons (Fsp3) is 0.182. The predicted molar refractivity (Wildman–Crippen MR) is 105 cm³/mol. The van der Waals surface area contributed by atoms with E-state index in [2.05, 4.69) is 35.3 Å². The molecule has 4 heteroatoms. The van der Waals surface area contributed by atoms with E-state index in [0.29, 0.717) is 22.3 Å². The zero-order valence-corrected chi connectivity index (χ0v) is 15.0. The third-order valence-electron chi connectivity index (χ3n) is 5.12. The van der Waals surface area contributed by atoms with Crippen molar-refractivity contribution in [2.24, 2.45) is 0 Å². The molecule has 4 rings (SSSR count). The Morgan fingerprint density at radius 3 is 2.54 bits per heavy atom. The molecule has 1 heterocycles. The van der Waals surface area contributed by atoms with Crippen LogP contribution >= 0.6 is 11.6 Å². The number of anilines is 1. The SMILES string of the molecule is N#Cc1c(N)nc2c(c1-c1ccccc1Cl)C[C@@H](c1ccccc1)CC2. The lowest BCUT2D eigenvalue weighted by Crippen LogP contribution is -2.17. The zero-order chi connectivity index (χ0) is 18.1. The molecule has 0 saturated carbocycles. The van der Waals surface area contributed by atoms with Crippen LogP contribution in [0.3, 0.4) is 0 Å². The first-order chi connectivity index (χ1) is 12.7. The average molecular weight is 360 g/mol. The molecule has 0 radical (unpaired) electrons. The fourth-order valence-electron chi connectivity index (χ4n) is 3.86. The predicted octanol–water partition coefficient (Wildman–Crippen LogP) is 5.13. The maximum absolute atomic E-state index is 9.72. The number of halogens is 1. The van der Waals surface area contributed by atoms with Crippen LogP contribution in [0.15, 0.2) is 54.6 Å². The first kappa shape index (κ1) is 16.6. The van der Waals surface area contributed by atoms with Crippen molar-refractivity contribution >= 4 is 17.4 Å². The summed E-state index contributed by atoms with van der Waals surface area (Å²) in [5.74, 6) is 0.696. The van der Waals surface area contributed by atoms with Crippen LogP contribution in [-0.2, 0) is 12.8 Å². The molecule has 0 spiro atoms. The van der Waals surface area contributed by atoms with Crippen molar-refractivity contribution in [1.29, 1.82) is 5.26 Å². The van der Waals surface area contributed by atoms with Gasteiger partial charge in [-0.2, -0.15) is 5.26 Å². The number of hydrogen-bond acceptors (Lipinski definition) is 3. The lowest BCUT2D eigenvalue weighted by Gasteiger charge is -2.27. The molecule has 3 aromatic rings. The van der Waals surface area contributed by atoms with Gasteiger partial charge in [-0.05, 0) is 42.4 Å². The summed E-state index contributed by atoms with van der Waals surface area (Å²) in [6.45, 7) is 0. The highest BCUT2D eigenvalue weighted by Gasteiger charge is 2.27. The molecule has 3 nitrogen and oxygen atoms in total. The summed E-state index contributed by atoms with van der Waals surface area (Å²) >= 11 is 6.47. The molecule has 0 unspecified atom stereocenters. The van der Waals surface area contributed by atoms with Crippen LogP contribution in [0.25, 0.3) is 11.1 Å². The number of nitrogen functional groups attached to an aromatic ring is 1. The van der Waals surface area contributed by atoms with Crippen molar-refractivity contribution in [3.63, 3.8) is 0 Å². The highest BCUT2D eigenvalue weighted by molar-refractivity contribution is 6.33. The van der Waals surface area contributed by atoms with Gasteiger partial charge in [0, 0.05) is 21.8 Å². The van der Waals surface area contributed by atoms with E-state index in [4.69, 9.17) is 17.3 Å². The van der Waals surface area contributed by atoms with Gasteiger partial charge in [-0.1, -0.05) is 60.1 Å². The molecule has 0 aliphatic heterocycles. The van der Waals surface area contributed by atoms with Crippen molar-refractivity contribution in [2.75, 3.05) is 5.73 Å². The second-order valence-corrected chi connectivity index (χ2v) is 7.02. The lowest BCUT2D eigenvalue weighted by molar-refractivity contribution is 0.576. The van der Waals surface area contributed by atoms with E-state index in [9.17, 15) is 5.26 Å². The van der Waals surface area contributed by atoms with Gasteiger partial charge >= 0.3 is 0 Å². The van der Waals surface area contributed by atoms with Crippen LogP contribution in [0, 0.1) is 11.3 Å². The van der Waals surface area contributed by atoms with Crippen LogP contribution in [-0.4, -0.2) is 4.98 Å². The number of nitriles is 1. The molecular formula is C22H18ClN3. The van der Waals surface area contributed by atoms with Crippen LogP contribution in [0.2, 0.25) is 5.02 Å². The highest BCUT2D eigenvalue weighted by Crippen LogP contribution is 2.42. The maximum Gasteiger partial charge on any atom is 0.142 e. The van der Waals surface area contributed by atoms with Gasteiger partial charge in [0.25, 0.3) is 0 Å². The van der Waals surface area contributed by atoms with E-state index < -0.39 is 0 Å². The molecule has 2 N–H and O–H groups in total. The second-order valence-electron chi connectivity index (χ2n) is 6.61. The van der Waals surface area contributed by atoms with Crippen molar-refractivity contribution in [2.45, 2.75) is 25.2 Å². The number of nitrogens with zero attached hydrogens (tertiary/aromatic N) is 2. The quantitative estimate of drug-likeness (QED) is 0.690. The van der Waals surface area contributed by atoms with Gasteiger partial charge in [-0.15, -0.1) is 0 Å². The fourth-order valence-corrected chi connectivity index (χ4v) is 4.09. The molecule has 0 amide bonds. The Morgan fingerprint density at radius 2 is 1.81 bits per heavy atom. The Morgan fingerprint density at radius 1 is 1.08 bits per heavy atom. The molecule has 1 aliphatic carbocycles. The van der Waals surface area contributed by atoms with Gasteiger partial charge < -0.3 is 5.73 Å². The largest absolute Gasteiger partial charge is 0.383 e. The van der Waals surface area contributed by atoms with Gasteiger partial charge in [0.05, 0.1) is 0 Å². The first-order valence-corrected chi connectivity index (χ1v) is 9.08. The Hall–Kier alpha value is -2.83. The molecule has 1 aromatic heterocycles. The third-order valence-corrected chi connectivity index (χ3v) is 5.45. The standard InChI is InChI=1S/C22H18ClN3/c23-19-9-5-4-8-16(19)21-17-12-15(14-6-2-1-3-7-14)10-11-20(17)26-22(25)18(21)13-24/h1-9,15H,10-12H2,(H2,25,26)/t15-/m0/s1. The number of hydrogen-bond donors (Lipinski definition) is 1. The number of rotatable bonds is 2. The van der Waals surface area contributed by atoms with Crippen LogP contribution in [0.4, 0.5) is 5.82 Å². The number of fused-ring (bicyclic) bond motifs is 1. The van der Waals surface area contributed by atoms with E-state index in [-0.39, 0.29) is 0 Å². The molecule has 1 atom stereocenters. The van der Waals surface area contributed by atoms with Gasteiger partial charge in [0.15, 0.2) is 0 Å². The number of pyridine rings is 1. The number of benzene rings is 2. The molecule has 0 fully saturated rings. The van der Waals surface area contributed by atoms with Crippen molar-refractivity contribution in [1.82, 2.24) is 4.98 Å². The summed E-state index contributed by atoms with van der Waals surface area (Å²) in [6, 6.07) is 20.4. The monoisotopic (exact) mass is 359 g/mol. The minimum absolute atomic E-state index is 0.291. The smallest absolute Gasteiger partial charge is 0.142 e. The van der Waals surface area contributed by atoms with E-state index in [0.717, 1.165) is 41.6 Å². The molecule has 2 aromatic carbocycles. The third kappa shape index (κ3) is 2.83. The average Bonchev–Trinajstić information content (AvgIpc) is 2.68. The van der Waals surface area contributed by atoms with Crippen molar-refractivity contribution < 1.29 is 0 Å². The van der Waals surface area contributed by atoms with E-state index in [1.54, 1.807) is 0 Å². The molecule has 0 bridgehead atoms. The zero-order valence-electron chi connectivity index (χ0n) is 14.2. The molecule has 1 aliphatic rings. The van der Waals surface area contributed by atoms with E-state index in [1.807, 2.05) is 30.3 Å². The van der Waals surface area contributed by atoms with Gasteiger partial charge in [0.1, 0.15) is 17.5 Å². The number of nitrogens with two attached hydrogens (primary N) is 1. The van der Waals surface area contributed by atoms with E-state index in [1.165, 1.54) is 5.56 Å². The number of aryl methyl sites for hydroxylation is 1. The normalized spacial score (nSPS) is 15.9. The summed E-state index contributed by atoms with van der Waals surface area (Å²) < 4.78 is 0. The summed E-state index contributed by atoms with van der Waals surface area (Å²) in [5.41, 5.74) is 11.6. The summed E-state index contributed by atoms with van der Waals surface area (Å²) in [5, 5.41) is 10.3. The topological polar surface area (TPSA) is 62.7 Å². The second kappa shape index (κ2) is 6.82. The lowest BCUT2D eigenvalue weighted by atomic mass is 9.78. The van der Waals surface area contributed by atoms with Crippen LogP contribution in [0.5, 0.6) is 0 Å². The maximum atomic E-state index is 9.72. The van der Waals surface area contributed by atoms with Crippen LogP contribution in [0.1, 0.15) is 34.7 Å². The minimum Gasteiger partial charge on any atom is -0.383 e. The van der Waals surface area contributed by atoms with Gasteiger partial charge in [-0.3, -0.25) is 0 Å². The summed E-state index contributed by atoms with van der Waals surface area (Å²) in [4.78, 5) is 4.54. The molecule has 0 saturated heterocycles. The Labute approximate surface area is 158 Å². The van der Waals surface area contributed by atoms with E-state index >= 15 is 0 Å². The summed E-state index contributed by atoms with van der Waals surface area (Å²) in [6.07, 6.45) is 2.71. The Balaban J connectivity index is 1.91. The van der Waals surface area contributed by atoms with Gasteiger partial charge in [0.2, 0.25) is 0 Å². The minimum atomic E-state index is 0.291. The Kier molecular flexibility index (Phi) is 4.36. The highest BCUT2D eigenvalue weighted by atomic mass is 35.5. The molecule has 26 heavy (non-hydrogen) atoms. The van der Waals surface area contributed by atoms with Gasteiger partial charge in [-0.25, -0.2) is 4.98 Å². The molecular weight excluding hydrogens is 342 g/mol. The molecule has 128 valence electrons. The number of aromatic nitrogens is 1. The first-order valence-electron chi connectivity index (χ1n) is 8.70. The Bertz CT molecular complexity index is 1010.